The van der Waals surface area contributed by atoms with Gasteiger partial charge in [-0.05, 0) is 55.8 Å². The van der Waals surface area contributed by atoms with Gasteiger partial charge >= 0.3 is 0 Å². The van der Waals surface area contributed by atoms with Crippen LogP contribution in [-0.4, -0.2) is 33.1 Å². The van der Waals surface area contributed by atoms with Gasteiger partial charge in [-0.25, -0.2) is 0 Å². The summed E-state index contributed by atoms with van der Waals surface area (Å²) in [5.41, 5.74) is 1.28. The molecule has 1 saturated heterocycles. The van der Waals surface area contributed by atoms with E-state index in [1.165, 1.54) is 24.8 Å². The molecule has 0 bridgehead atoms. The van der Waals surface area contributed by atoms with E-state index in [2.05, 4.69) is 21.4 Å². The van der Waals surface area contributed by atoms with E-state index in [1.54, 1.807) is 18.3 Å². The summed E-state index contributed by atoms with van der Waals surface area (Å²) in [6.07, 6.45) is 8.89. The van der Waals surface area contributed by atoms with Crippen molar-refractivity contribution in [3.05, 3.63) is 40.3 Å². The van der Waals surface area contributed by atoms with Gasteiger partial charge in [0.05, 0.1) is 4.88 Å². The fourth-order valence-corrected chi connectivity index (χ4v) is 3.99. The summed E-state index contributed by atoms with van der Waals surface area (Å²) in [4.78, 5) is 14.9. The fraction of sp³-hybridized carbons (Fsp3) is 0.529. The number of likely N-dealkylation sites (tertiary alicyclic amines) is 1. The molecule has 2 aromatic rings. The van der Waals surface area contributed by atoms with Crippen LogP contribution in [0.2, 0.25) is 0 Å². The Morgan fingerprint density at radius 3 is 3.09 bits per heavy atom. The van der Waals surface area contributed by atoms with Crippen LogP contribution in [0.5, 0.6) is 0 Å². The molecule has 1 aliphatic rings. The Morgan fingerprint density at radius 1 is 1.45 bits per heavy atom. The van der Waals surface area contributed by atoms with Gasteiger partial charge in [-0.3, -0.25) is 14.4 Å². The highest BCUT2D eigenvalue weighted by molar-refractivity contribution is 7.12. The molecule has 3 heterocycles. The number of thiophene rings is 1. The Labute approximate surface area is 135 Å². The van der Waals surface area contributed by atoms with E-state index in [-0.39, 0.29) is 5.78 Å². The van der Waals surface area contributed by atoms with E-state index in [1.807, 2.05) is 23.1 Å². The van der Waals surface area contributed by atoms with Gasteiger partial charge in [0.2, 0.25) is 0 Å². The van der Waals surface area contributed by atoms with Crippen molar-refractivity contribution in [2.75, 3.05) is 6.54 Å². The summed E-state index contributed by atoms with van der Waals surface area (Å²) in [5, 5.41) is 6.43. The normalized spacial score (nSPS) is 19.4. The molecule has 0 radical (unpaired) electrons. The molecule has 3 rings (SSSR count). The first-order chi connectivity index (χ1) is 10.7. The fourth-order valence-electron chi connectivity index (χ4n) is 3.19. The minimum Gasteiger partial charge on any atom is -0.296 e. The number of nitrogens with zero attached hydrogens (tertiary/aromatic N) is 3. The Kier molecular flexibility index (Phi) is 5.05. The summed E-state index contributed by atoms with van der Waals surface area (Å²) in [6.45, 7) is 4.75. The van der Waals surface area contributed by atoms with Crippen LogP contribution in [0.4, 0.5) is 0 Å². The number of aryl methyl sites for hydroxylation is 1. The highest BCUT2D eigenvalue weighted by Crippen LogP contribution is 2.24. The van der Waals surface area contributed by atoms with Gasteiger partial charge in [0.15, 0.2) is 5.78 Å². The van der Waals surface area contributed by atoms with Gasteiger partial charge in [-0.1, -0.05) is 6.42 Å². The number of ketones is 1. The molecule has 0 spiro atoms. The molecular weight excluding hydrogens is 294 g/mol. The zero-order valence-corrected chi connectivity index (χ0v) is 13.9. The van der Waals surface area contributed by atoms with Crippen molar-refractivity contribution < 1.29 is 4.79 Å². The van der Waals surface area contributed by atoms with Gasteiger partial charge < -0.3 is 0 Å². The number of Topliss-reactive ketones (excluding diaryl/α,β-unsaturated/α-hetero) is 1. The number of hydrogen-bond acceptors (Lipinski definition) is 4. The molecule has 0 aromatic carbocycles. The van der Waals surface area contributed by atoms with Gasteiger partial charge in [0.25, 0.3) is 0 Å². The monoisotopic (exact) mass is 317 g/mol. The summed E-state index contributed by atoms with van der Waals surface area (Å²) in [7, 11) is 0. The Hall–Kier alpha value is -1.46. The second kappa shape index (κ2) is 7.20. The molecule has 1 atom stereocenters. The molecule has 5 heteroatoms. The number of carbonyl (C=O) groups is 1. The minimum absolute atomic E-state index is 0.171. The van der Waals surface area contributed by atoms with Crippen LogP contribution in [0.1, 0.15) is 47.8 Å². The molecule has 2 aromatic heterocycles. The third kappa shape index (κ3) is 3.84. The quantitative estimate of drug-likeness (QED) is 0.764. The van der Waals surface area contributed by atoms with Crippen LogP contribution in [0.15, 0.2) is 29.9 Å². The van der Waals surface area contributed by atoms with Crippen LogP contribution < -0.4 is 0 Å². The van der Waals surface area contributed by atoms with Crippen molar-refractivity contribution >= 4 is 17.1 Å². The molecule has 0 unspecified atom stereocenters. The minimum atomic E-state index is 0.171. The summed E-state index contributed by atoms with van der Waals surface area (Å²) < 4.78 is 2.02. The van der Waals surface area contributed by atoms with Gasteiger partial charge in [-0.2, -0.15) is 5.10 Å². The number of rotatable bonds is 6. The van der Waals surface area contributed by atoms with Crippen LogP contribution in [0.3, 0.4) is 0 Å². The van der Waals surface area contributed by atoms with Gasteiger partial charge in [0, 0.05) is 31.5 Å². The Bertz CT molecular complexity index is 605. The molecule has 22 heavy (non-hydrogen) atoms. The van der Waals surface area contributed by atoms with Crippen LogP contribution in [0, 0.1) is 0 Å². The number of aromatic nitrogens is 2. The predicted octanol–water partition coefficient (Wildman–Crippen LogP) is 3.59. The molecule has 0 amide bonds. The largest absolute Gasteiger partial charge is 0.296 e. The zero-order chi connectivity index (χ0) is 15.4. The second-order valence-electron chi connectivity index (χ2n) is 6.05. The molecule has 1 fully saturated rings. The first-order valence-corrected chi connectivity index (χ1v) is 8.90. The van der Waals surface area contributed by atoms with Crippen LogP contribution in [0.25, 0.3) is 0 Å². The Balaban J connectivity index is 1.60. The standard InChI is InChI=1S/C17H23N3OS/c1-14(21)17-11-15(13-22-17)12-19-8-3-2-5-16(19)6-10-20-9-4-7-18-20/h4,7,9,11,13,16H,2-3,5-6,8,10,12H2,1H3/t16-/m0/s1. The van der Waals surface area contributed by atoms with E-state index in [0.717, 1.165) is 30.9 Å². The maximum absolute atomic E-state index is 11.4. The lowest BCUT2D eigenvalue weighted by molar-refractivity contribution is 0.102. The lowest BCUT2D eigenvalue weighted by Gasteiger charge is -2.35. The first-order valence-electron chi connectivity index (χ1n) is 8.02. The SMILES string of the molecule is CC(=O)c1cc(CN2CCCC[C@H]2CCn2cccn2)cs1. The molecule has 118 valence electrons. The third-order valence-electron chi connectivity index (χ3n) is 4.39. The van der Waals surface area contributed by atoms with Crippen molar-refractivity contribution in [3.63, 3.8) is 0 Å². The van der Waals surface area contributed by atoms with E-state index in [9.17, 15) is 4.79 Å². The maximum Gasteiger partial charge on any atom is 0.169 e. The highest BCUT2D eigenvalue weighted by atomic mass is 32.1. The molecular formula is C17H23N3OS. The molecule has 1 aliphatic heterocycles. The molecule has 0 N–H and O–H groups in total. The predicted molar refractivity (Wildman–Crippen MR) is 89.2 cm³/mol. The number of hydrogen-bond donors (Lipinski definition) is 0. The molecule has 4 nitrogen and oxygen atoms in total. The summed E-state index contributed by atoms with van der Waals surface area (Å²) >= 11 is 1.57. The van der Waals surface area contributed by atoms with Gasteiger partial charge in [0.1, 0.15) is 0 Å². The van der Waals surface area contributed by atoms with Crippen molar-refractivity contribution in [1.29, 1.82) is 0 Å². The lowest BCUT2D eigenvalue weighted by Crippen LogP contribution is -2.39. The lowest BCUT2D eigenvalue weighted by atomic mass is 9.98. The smallest absolute Gasteiger partial charge is 0.169 e. The number of carbonyl (C=O) groups excluding carboxylic acids is 1. The number of piperidine rings is 1. The van der Waals surface area contributed by atoms with Crippen molar-refractivity contribution in [2.45, 2.75) is 51.7 Å². The molecule has 0 aliphatic carbocycles. The van der Waals surface area contributed by atoms with Crippen molar-refractivity contribution in [2.24, 2.45) is 0 Å². The van der Waals surface area contributed by atoms with E-state index in [0.29, 0.717) is 6.04 Å². The first kappa shape index (κ1) is 15.4. The summed E-state index contributed by atoms with van der Waals surface area (Å²) in [5.74, 6) is 0.171. The average molecular weight is 317 g/mol. The summed E-state index contributed by atoms with van der Waals surface area (Å²) in [6, 6.07) is 4.66. The Morgan fingerprint density at radius 2 is 2.36 bits per heavy atom. The van der Waals surface area contributed by atoms with Crippen LogP contribution >= 0.6 is 11.3 Å². The average Bonchev–Trinajstić information content (AvgIpc) is 3.17. The maximum atomic E-state index is 11.4. The highest BCUT2D eigenvalue weighted by Gasteiger charge is 2.22. The molecule has 0 saturated carbocycles. The zero-order valence-electron chi connectivity index (χ0n) is 13.1. The van der Waals surface area contributed by atoms with Crippen molar-refractivity contribution in [1.82, 2.24) is 14.7 Å². The van der Waals surface area contributed by atoms with E-state index in [4.69, 9.17) is 0 Å². The topological polar surface area (TPSA) is 38.1 Å². The van der Waals surface area contributed by atoms with Crippen LogP contribution in [-0.2, 0) is 13.1 Å². The van der Waals surface area contributed by atoms with Crippen molar-refractivity contribution in [3.8, 4) is 0 Å². The van der Waals surface area contributed by atoms with E-state index >= 15 is 0 Å². The van der Waals surface area contributed by atoms with Gasteiger partial charge in [-0.15, -0.1) is 11.3 Å². The second-order valence-corrected chi connectivity index (χ2v) is 6.96. The van der Waals surface area contributed by atoms with E-state index < -0.39 is 0 Å². The third-order valence-corrected chi connectivity index (χ3v) is 5.47.